The van der Waals surface area contributed by atoms with Crippen LogP contribution in [0.1, 0.15) is 13.8 Å². The van der Waals surface area contributed by atoms with Crippen molar-refractivity contribution >= 4 is 5.97 Å². The SMILES string of the molecule is CC=C/C(C)=C\C(=O)O. The monoisotopic (exact) mass is 126 g/mol. The molecule has 0 bridgehead atoms. The van der Waals surface area contributed by atoms with Crippen LogP contribution in [0.25, 0.3) is 0 Å². The molecule has 2 nitrogen and oxygen atoms in total. The van der Waals surface area contributed by atoms with Crippen LogP contribution in [-0.2, 0) is 4.79 Å². The summed E-state index contributed by atoms with van der Waals surface area (Å²) in [6, 6.07) is 0. The van der Waals surface area contributed by atoms with Gasteiger partial charge in [-0.1, -0.05) is 12.2 Å². The minimum absolute atomic E-state index is 0.755. The van der Waals surface area contributed by atoms with Crippen molar-refractivity contribution in [3.8, 4) is 0 Å². The normalized spacial score (nSPS) is 12.4. The Kier molecular flexibility index (Phi) is 3.44. The van der Waals surface area contributed by atoms with Crippen LogP contribution in [0.2, 0.25) is 0 Å². The van der Waals surface area contributed by atoms with Crippen molar-refractivity contribution in [2.24, 2.45) is 0 Å². The first-order valence-electron chi connectivity index (χ1n) is 2.70. The summed E-state index contributed by atoms with van der Waals surface area (Å²) >= 11 is 0. The zero-order chi connectivity index (χ0) is 7.28. The molecular formula is C7H10O2. The second kappa shape index (κ2) is 3.89. The number of carboxylic acid groups (broad SMARTS) is 1. The quantitative estimate of drug-likeness (QED) is 0.450. The molecule has 0 rings (SSSR count). The van der Waals surface area contributed by atoms with Gasteiger partial charge in [-0.2, -0.15) is 0 Å². The van der Waals surface area contributed by atoms with Gasteiger partial charge in [-0.25, -0.2) is 4.79 Å². The van der Waals surface area contributed by atoms with E-state index in [1.165, 1.54) is 6.08 Å². The zero-order valence-corrected chi connectivity index (χ0v) is 5.59. The van der Waals surface area contributed by atoms with Crippen molar-refractivity contribution in [3.63, 3.8) is 0 Å². The highest BCUT2D eigenvalue weighted by Gasteiger charge is 1.86. The van der Waals surface area contributed by atoms with E-state index in [1.807, 2.05) is 6.92 Å². The highest BCUT2D eigenvalue weighted by Crippen LogP contribution is 1.92. The molecule has 0 heterocycles. The van der Waals surface area contributed by atoms with Gasteiger partial charge in [0.15, 0.2) is 0 Å². The Hall–Kier alpha value is -1.05. The summed E-state index contributed by atoms with van der Waals surface area (Å²) in [6.07, 6.45) is 4.71. The highest BCUT2D eigenvalue weighted by atomic mass is 16.4. The maximum absolute atomic E-state index is 9.97. The summed E-state index contributed by atoms with van der Waals surface area (Å²) in [5.74, 6) is -0.898. The summed E-state index contributed by atoms with van der Waals surface area (Å²) in [5, 5.41) is 8.20. The van der Waals surface area contributed by atoms with Crippen molar-refractivity contribution in [2.75, 3.05) is 0 Å². The molecule has 0 saturated heterocycles. The first-order chi connectivity index (χ1) is 4.16. The molecule has 0 aliphatic carbocycles. The van der Waals surface area contributed by atoms with Crippen LogP contribution in [0.15, 0.2) is 23.8 Å². The molecule has 9 heavy (non-hydrogen) atoms. The van der Waals surface area contributed by atoms with Gasteiger partial charge in [0.1, 0.15) is 0 Å². The molecular weight excluding hydrogens is 116 g/mol. The number of rotatable bonds is 2. The maximum atomic E-state index is 9.97. The number of allylic oxidation sites excluding steroid dienone is 3. The highest BCUT2D eigenvalue weighted by molar-refractivity contribution is 5.81. The summed E-state index contributed by atoms with van der Waals surface area (Å²) in [7, 11) is 0. The van der Waals surface area contributed by atoms with E-state index >= 15 is 0 Å². The molecule has 0 atom stereocenters. The molecule has 0 aliphatic heterocycles. The number of carbonyl (C=O) groups is 1. The van der Waals surface area contributed by atoms with Crippen molar-refractivity contribution in [1.29, 1.82) is 0 Å². The van der Waals surface area contributed by atoms with E-state index in [4.69, 9.17) is 5.11 Å². The second-order valence-electron chi connectivity index (χ2n) is 1.73. The van der Waals surface area contributed by atoms with Crippen molar-refractivity contribution in [1.82, 2.24) is 0 Å². The minimum atomic E-state index is -0.898. The molecule has 0 unspecified atom stereocenters. The molecule has 2 heteroatoms. The van der Waals surface area contributed by atoms with Crippen molar-refractivity contribution in [3.05, 3.63) is 23.8 Å². The van der Waals surface area contributed by atoms with Crippen LogP contribution in [0, 0.1) is 0 Å². The van der Waals surface area contributed by atoms with E-state index in [-0.39, 0.29) is 0 Å². The fourth-order valence-corrected chi connectivity index (χ4v) is 0.506. The third-order valence-corrected chi connectivity index (χ3v) is 0.781. The van der Waals surface area contributed by atoms with Gasteiger partial charge in [-0.15, -0.1) is 0 Å². The van der Waals surface area contributed by atoms with Gasteiger partial charge in [-0.3, -0.25) is 0 Å². The first kappa shape index (κ1) is 7.95. The summed E-state index contributed by atoms with van der Waals surface area (Å²) < 4.78 is 0. The molecule has 0 aromatic heterocycles. The van der Waals surface area contributed by atoms with Gasteiger partial charge >= 0.3 is 5.97 Å². The number of carboxylic acids is 1. The number of hydrogen-bond acceptors (Lipinski definition) is 1. The second-order valence-corrected chi connectivity index (χ2v) is 1.73. The fraction of sp³-hybridized carbons (Fsp3) is 0.286. The Morgan fingerprint density at radius 3 is 2.44 bits per heavy atom. The molecule has 0 amide bonds. The lowest BCUT2D eigenvalue weighted by Crippen LogP contribution is -1.87. The van der Waals surface area contributed by atoms with Gasteiger partial charge in [0.25, 0.3) is 0 Å². The van der Waals surface area contributed by atoms with Gasteiger partial charge < -0.3 is 5.11 Å². The Bertz CT molecular complexity index is 154. The molecule has 0 aromatic carbocycles. The smallest absolute Gasteiger partial charge is 0.328 e. The molecule has 0 aliphatic rings. The molecule has 0 fully saturated rings. The van der Waals surface area contributed by atoms with Crippen LogP contribution in [0.5, 0.6) is 0 Å². The summed E-state index contributed by atoms with van der Waals surface area (Å²) in [4.78, 5) is 9.97. The van der Waals surface area contributed by atoms with E-state index in [0.717, 1.165) is 5.57 Å². The molecule has 1 N–H and O–H groups in total. The molecule has 50 valence electrons. The van der Waals surface area contributed by atoms with Crippen molar-refractivity contribution < 1.29 is 9.90 Å². The predicted molar refractivity (Wildman–Crippen MR) is 36.2 cm³/mol. The molecule has 0 saturated carbocycles. The minimum Gasteiger partial charge on any atom is -0.478 e. The average molecular weight is 126 g/mol. The third kappa shape index (κ3) is 4.81. The van der Waals surface area contributed by atoms with Gasteiger partial charge in [-0.05, 0) is 19.4 Å². The van der Waals surface area contributed by atoms with Crippen LogP contribution in [0.4, 0.5) is 0 Å². The Labute approximate surface area is 54.5 Å². The Morgan fingerprint density at radius 2 is 2.11 bits per heavy atom. The number of hydrogen-bond donors (Lipinski definition) is 1. The van der Waals surface area contributed by atoms with Crippen LogP contribution in [-0.4, -0.2) is 11.1 Å². The first-order valence-corrected chi connectivity index (χ1v) is 2.70. The van der Waals surface area contributed by atoms with Crippen LogP contribution >= 0.6 is 0 Å². The lowest BCUT2D eigenvalue weighted by atomic mass is 10.2. The van der Waals surface area contributed by atoms with E-state index in [0.29, 0.717) is 0 Å². The summed E-state index contributed by atoms with van der Waals surface area (Å²) in [5.41, 5.74) is 0.755. The van der Waals surface area contributed by atoms with Crippen LogP contribution in [0.3, 0.4) is 0 Å². The number of aliphatic carboxylic acids is 1. The van der Waals surface area contributed by atoms with E-state index in [2.05, 4.69) is 0 Å². The average Bonchev–Trinajstić information content (AvgIpc) is 1.63. The zero-order valence-electron chi connectivity index (χ0n) is 5.59. The lowest BCUT2D eigenvalue weighted by molar-refractivity contribution is -0.131. The largest absolute Gasteiger partial charge is 0.478 e. The summed E-state index contributed by atoms with van der Waals surface area (Å²) in [6.45, 7) is 3.59. The third-order valence-electron chi connectivity index (χ3n) is 0.781. The molecule has 0 radical (unpaired) electrons. The maximum Gasteiger partial charge on any atom is 0.328 e. The fourth-order valence-electron chi connectivity index (χ4n) is 0.506. The van der Waals surface area contributed by atoms with Gasteiger partial charge in [0.05, 0.1) is 0 Å². The van der Waals surface area contributed by atoms with E-state index in [9.17, 15) is 4.79 Å². The van der Waals surface area contributed by atoms with E-state index in [1.54, 1.807) is 19.1 Å². The molecule has 0 aromatic rings. The van der Waals surface area contributed by atoms with Gasteiger partial charge in [0.2, 0.25) is 0 Å². The van der Waals surface area contributed by atoms with Crippen molar-refractivity contribution in [2.45, 2.75) is 13.8 Å². The standard InChI is InChI=1S/C7H10O2/c1-3-4-6(2)5-7(8)9/h3-5H,1-2H3,(H,8,9)/b4-3?,6-5-. The topological polar surface area (TPSA) is 37.3 Å². The van der Waals surface area contributed by atoms with E-state index < -0.39 is 5.97 Å². The van der Waals surface area contributed by atoms with Crippen LogP contribution < -0.4 is 0 Å². The molecule has 0 spiro atoms. The lowest BCUT2D eigenvalue weighted by Gasteiger charge is -1.84. The Balaban J connectivity index is 4.00. The Morgan fingerprint density at radius 1 is 1.56 bits per heavy atom. The predicted octanol–water partition coefficient (Wildman–Crippen LogP) is 1.59. The van der Waals surface area contributed by atoms with Gasteiger partial charge in [0, 0.05) is 6.08 Å².